The summed E-state index contributed by atoms with van der Waals surface area (Å²) < 4.78 is 2.28. The van der Waals surface area contributed by atoms with Gasteiger partial charge in [-0.25, -0.2) is 4.98 Å². The third kappa shape index (κ3) is 3.12. The van der Waals surface area contributed by atoms with E-state index >= 15 is 0 Å². The molecule has 0 saturated carbocycles. The molecule has 2 aliphatic rings. The fourth-order valence-electron chi connectivity index (χ4n) is 3.65. The first-order chi connectivity index (χ1) is 10.3. The number of hydrogen-bond donors (Lipinski definition) is 1. The number of hydrogen-bond acceptors (Lipinski definition) is 3. The number of rotatable bonds is 3. The summed E-state index contributed by atoms with van der Waals surface area (Å²) in [5.41, 5.74) is 0. The predicted molar refractivity (Wildman–Crippen MR) is 82.0 cm³/mol. The molecule has 2 saturated heterocycles. The van der Waals surface area contributed by atoms with Crippen molar-refractivity contribution in [3.05, 3.63) is 18.2 Å². The van der Waals surface area contributed by atoms with Gasteiger partial charge in [-0.2, -0.15) is 0 Å². The molecule has 2 fully saturated rings. The van der Waals surface area contributed by atoms with Crippen LogP contribution >= 0.6 is 0 Å². The Morgan fingerprint density at radius 1 is 1.43 bits per heavy atom. The highest BCUT2D eigenvalue weighted by molar-refractivity contribution is 5.79. The summed E-state index contributed by atoms with van der Waals surface area (Å²) in [4.78, 5) is 19.2. The van der Waals surface area contributed by atoms with Crippen LogP contribution in [-0.2, 0) is 11.2 Å². The number of imidazole rings is 1. The molecule has 0 bridgehead atoms. The molecule has 1 aromatic heterocycles. The van der Waals surface area contributed by atoms with Crippen molar-refractivity contribution in [1.82, 2.24) is 19.8 Å². The van der Waals surface area contributed by atoms with Crippen LogP contribution < -0.4 is 5.32 Å². The summed E-state index contributed by atoms with van der Waals surface area (Å²) in [6, 6.07) is 0.400. The minimum Gasteiger partial charge on any atom is -0.340 e. The van der Waals surface area contributed by atoms with Crippen LogP contribution in [0, 0.1) is 5.92 Å². The van der Waals surface area contributed by atoms with E-state index in [-0.39, 0.29) is 5.92 Å². The fraction of sp³-hybridized carbons (Fsp3) is 0.750. The Morgan fingerprint density at radius 2 is 2.33 bits per heavy atom. The molecule has 0 aliphatic carbocycles. The highest BCUT2D eigenvalue weighted by atomic mass is 16.2. The normalized spacial score (nSPS) is 26.8. The molecule has 21 heavy (non-hydrogen) atoms. The lowest BCUT2D eigenvalue weighted by Crippen LogP contribution is -2.47. The molecule has 0 spiro atoms. The van der Waals surface area contributed by atoms with Gasteiger partial charge in [-0.15, -0.1) is 0 Å². The molecule has 0 radical (unpaired) electrons. The quantitative estimate of drug-likeness (QED) is 0.920. The first-order valence-corrected chi connectivity index (χ1v) is 8.30. The number of carbonyl (C=O) groups is 1. The van der Waals surface area contributed by atoms with Crippen molar-refractivity contribution in [2.24, 2.45) is 5.92 Å². The van der Waals surface area contributed by atoms with Gasteiger partial charge in [-0.3, -0.25) is 4.79 Å². The molecule has 5 heteroatoms. The molecule has 3 rings (SSSR count). The average molecular weight is 290 g/mol. The van der Waals surface area contributed by atoms with Crippen LogP contribution in [0.2, 0.25) is 0 Å². The third-order valence-electron chi connectivity index (χ3n) is 4.81. The molecule has 116 valence electrons. The van der Waals surface area contributed by atoms with E-state index in [4.69, 9.17) is 0 Å². The highest BCUT2D eigenvalue weighted by Crippen LogP contribution is 2.25. The van der Waals surface area contributed by atoms with Gasteiger partial charge in [0.05, 0.1) is 12.0 Å². The summed E-state index contributed by atoms with van der Waals surface area (Å²) in [6.45, 7) is 5.81. The maximum atomic E-state index is 12.7. The van der Waals surface area contributed by atoms with Gasteiger partial charge in [0.15, 0.2) is 0 Å². The lowest BCUT2D eigenvalue weighted by atomic mass is 9.96. The molecule has 3 heterocycles. The van der Waals surface area contributed by atoms with Crippen LogP contribution in [0.4, 0.5) is 0 Å². The van der Waals surface area contributed by atoms with E-state index in [1.807, 2.05) is 6.20 Å². The lowest BCUT2D eigenvalue weighted by Gasteiger charge is -2.37. The van der Waals surface area contributed by atoms with Gasteiger partial charge in [0.25, 0.3) is 0 Å². The van der Waals surface area contributed by atoms with E-state index in [9.17, 15) is 4.79 Å². The summed E-state index contributed by atoms with van der Waals surface area (Å²) in [5, 5.41) is 3.35. The minimum absolute atomic E-state index is 0.186. The number of nitrogens with one attached hydrogen (secondary N) is 1. The molecule has 0 aromatic carbocycles. The van der Waals surface area contributed by atoms with Crippen molar-refractivity contribution >= 4 is 5.91 Å². The maximum absolute atomic E-state index is 12.7. The Kier molecular flexibility index (Phi) is 4.58. The van der Waals surface area contributed by atoms with Crippen molar-refractivity contribution in [2.45, 2.75) is 45.1 Å². The van der Waals surface area contributed by atoms with Gasteiger partial charge in [0.2, 0.25) is 5.91 Å². The maximum Gasteiger partial charge on any atom is 0.227 e. The second-order valence-electron chi connectivity index (χ2n) is 6.23. The van der Waals surface area contributed by atoms with Crippen molar-refractivity contribution in [3.8, 4) is 0 Å². The van der Waals surface area contributed by atoms with Gasteiger partial charge in [0, 0.05) is 38.4 Å². The predicted octanol–water partition coefficient (Wildman–Crippen LogP) is 1.61. The Morgan fingerprint density at radius 3 is 3.10 bits per heavy atom. The Hall–Kier alpha value is -1.36. The second kappa shape index (κ2) is 6.60. The van der Waals surface area contributed by atoms with Crippen molar-refractivity contribution < 1.29 is 4.79 Å². The van der Waals surface area contributed by atoms with E-state index in [0.717, 1.165) is 64.1 Å². The van der Waals surface area contributed by atoms with Crippen LogP contribution in [0.3, 0.4) is 0 Å². The zero-order chi connectivity index (χ0) is 14.7. The smallest absolute Gasteiger partial charge is 0.227 e. The first-order valence-electron chi connectivity index (χ1n) is 8.30. The van der Waals surface area contributed by atoms with Crippen molar-refractivity contribution in [2.75, 3.05) is 26.2 Å². The number of likely N-dealkylation sites (tertiary alicyclic amines) is 1. The number of aromatic nitrogens is 2. The molecule has 2 atom stereocenters. The molecule has 2 aliphatic heterocycles. The van der Waals surface area contributed by atoms with E-state index < -0.39 is 0 Å². The molecule has 2 unspecified atom stereocenters. The van der Waals surface area contributed by atoms with Gasteiger partial charge in [0.1, 0.15) is 5.82 Å². The Balaban J connectivity index is 1.66. The molecule has 1 amide bonds. The van der Waals surface area contributed by atoms with Crippen molar-refractivity contribution in [1.29, 1.82) is 0 Å². The van der Waals surface area contributed by atoms with Crippen LogP contribution in [0.5, 0.6) is 0 Å². The Labute approximate surface area is 126 Å². The number of aryl methyl sites for hydroxylation is 1. The second-order valence-corrected chi connectivity index (χ2v) is 6.23. The van der Waals surface area contributed by atoms with Crippen LogP contribution in [0.1, 0.15) is 44.5 Å². The zero-order valence-electron chi connectivity index (χ0n) is 12.9. The number of piperidine rings is 2. The number of nitrogens with zero attached hydrogens (tertiary/aromatic N) is 3. The van der Waals surface area contributed by atoms with E-state index in [0.29, 0.717) is 11.9 Å². The van der Waals surface area contributed by atoms with Crippen LogP contribution in [-0.4, -0.2) is 46.5 Å². The van der Waals surface area contributed by atoms with Crippen LogP contribution in [0.15, 0.2) is 12.4 Å². The van der Waals surface area contributed by atoms with Crippen LogP contribution in [0.25, 0.3) is 0 Å². The molecular weight excluding hydrogens is 264 g/mol. The highest BCUT2D eigenvalue weighted by Gasteiger charge is 2.30. The third-order valence-corrected chi connectivity index (χ3v) is 4.81. The van der Waals surface area contributed by atoms with Gasteiger partial charge in [-0.05, 0) is 32.2 Å². The van der Waals surface area contributed by atoms with E-state index in [1.165, 1.54) is 0 Å². The minimum atomic E-state index is 0.186. The molecule has 5 nitrogen and oxygen atoms in total. The molecule has 1 N–H and O–H groups in total. The standard InChI is InChI=1S/C16H26N4O/c1-2-15-18-8-10-20(15)14-6-4-9-19(12-14)16(21)13-5-3-7-17-11-13/h8,10,13-14,17H,2-7,9,11-12H2,1H3. The SMILES string of the molecule is CCc1nccn1C1CCCN(C(=O)C2CCCNC2)C1. The number of amides is 1. The largest absolute Gasteiger partial charge is 0.340 e. The van der Waals surface area contributed by atoms with Gasteiger partial charge < -0.3 is 14.8 Å². The summed E-state index contributed by atoms with van der Waals surface area (Å²) in [5.74, 6) is 1.67. The summed E-state index contributed by atoms with van der Waals surface area (Å²) in [7, 11) is 0. The van der Waals surface area contributed by atoms with E-state index in [2.05, 4.69) is 32.9 Å². The zero-order valence-corrected chi connectivity index (χ0v) is 12.9. The Bertz CT molecular complexity index is 478. The molecule has 1 aromatic rings. The van der Waals surface area contributed by atoms with Gasteiger partial charge in [-0.1, -0.05) is 6.92 Å². The van der Waals surface area contributed by atoms with Gasteiger partial charge >= 0.3 is 0 Å². The van der Waals surface area contributed by atoms with E-state index in [1.54, 1.807) is 0 Å². The topological polar surface area (TPSA) is 50.2 Å². The monoisotopic (exact) mass is 290 g/mol. The first kappa shape index (κ1) is 14.6. The lowest BCUT2D eigenvalue weighted by molar-refractivity contribution is -0.137. The summed E-state index contributed by atoms with van der Waals surface area (Å²) >= 11 is 0. The number of carbonyl (C=O) groups excluding carboxylic acids is 1. The van der Waals surface area contributed by atoms with Crippen molar-refractivity contribution in [3.63, 3.8) is 0 Å². The average Bonchev–Trinajstić information content (AvgIpc) is 3.04. The fourth-order valence-corrected chi connectivity index (χ4v) is 3.65. The summed E-state index contributed by atoms with van der Waals surface area (Å²) in [6.07, 6.45) is 9.30. The molecular formula is C16H26N4O.